The van der Waals surface area contributed by atoms with Gasteiger partial charge < -0.3 is 9.94 Å². The van der Waals surface area contributed by atoms with Crippen molar-refractivity contribution in [2.45, 2.75) is 19.6 Å². The average Bonchev–Trinajstić information content (AvgIpc) is 2.18. The van der Waals surface area contributed by atoms with Gasteiger partial charge in [-0.3, -0.25) is 0 Å². The number of hydrogen-bond donors (Lipinski definition) is 2. The van der Waals surface area contributed by atoms with Crippen LogP contribution in [0.5, 0.6) is 0 Å². The van der Waals surface area contributed by atoms with Crippen LogP contribution in [0.4, 0.5) is 0 Å². The topological polar surface area (TPSA) is 41.5 Å². The van der Waals surface area contributed by atoms with Gasteiger partial charge in [0.25, 0.3) is 0 Å². The van der Waals surface area contributed by atoms with Gasteiger partial charge >= 0.3 is 0 Å². The Bertz CT molecular complexity index is 263. The molecule has 0 aliphatic carbocycles. The quantitative estimate of drug-likeness (QED) is 0.697. The summed E-state index contributed by atoms with van der Waals surface area (Å²) in [6.07, 6.45) is 0.0598. The highest BCUT2D eigenvalue weighted by atomic mass is 16.5. The molecule has 72 valence electrons. The van der Waals surface area contributed by atoms with Crippen LogP contribution in [0.15, 0.2) is 24.3 Å². The van der Waals surface area contributed by atoms with E-state index < -0.39 is 0 Å². The summed E-state index contributed by atoms with van der Waals surface area (Å²) < 4.78 is 5.21. The maximum Gasteiger partial charge on any atom is 0.0796 e. The van der Waals surface area contributed by atoms with E-state index in [0.29, 0.717) is 6.54 Å². The van der Waals surface area contributed by atoms with Crippen LogP contribution < -0.4 is 5.48 Å². The molecular formula is C10H15NO2. The number of benzene rings is 1. The van der Waals surface area contributed by atoms with Crippen LogP contribution in [-0.2, 0) is 11.3 Å². The predicted octanol–water partition coefficient (Wildman–Crippen LogP) is 1.87. The first-order chi connectivity index (χ1) is 6.29. The molecule has 1 rings (SSSR count). The van der Waals surface area contributed by atoms with Crippen molar-refractivity contribution in [1.82, 2.24) is 5.48 Å². The van der Waals surface area contributed by atoms with Gasteiger partial charge in [-0.1, -0.05) is 24.3 Å². The molecule has 0 saturated carbocycles. The van der Waals surface area contributed by atoms with Gasteiger partial charge in [0, 0.05) is 13.7 Å². The molecular weight excluding hydrogens is 166 g/mol. The summed E-state index contributed by atoms with van der Waals surface area (Å²) in [6, 6.07) is 7.87. The third-order valence-corrected chi connectivity index (χ3v) is 2.12. The average molecular weight is 181 g/mol. The van der Waals surface area contributed by atoms with Crippen LogP contribution in [0.25, 0.3) is 0 Å². The molecule has 2 N–H and O–H groups in total. The lowest BCUT2D eigenvalue weighted by Gasteiger charge is -2.14. The zero-order valence-corrected chi connectivity index (χ0v) is 7.95. The van der Waals surface area contributed by atoms with Crippen molar-refractivity contribution < 1.29 is 9.94 Å². The van der Waals surface area contributed by atoms with Crippen molar-refractivity contribution in [3.8, 4) is 0 Å². The number of hydroxylamine groups is 1. The molecule has 1 unspecified atom stereocenters. The zero-order valence-electron chi connectivity index (χ0n) is 7.95. The number of nitrogens with one attached hydrogen (secondary N) is 1. The Morgan fingerprint density at radius 2 is 2.15 bits per heavy atom. The van der Waals surface area contributed by atoms with Crippen LogP contribution >= 0.6 is 0 Å². The standard InChI is InChI=1S/C10H15NO2/c1-8(13-2)10-6-4-3-5-9(10)7-11-12/h3-6,8,11-12H,7H2,1-2H3. The summed E-state index contributed by atoms with van der Waals surface area (Å²) in [4.78, 5) is 0. The molecule has 3 nitrogen and oxygen atoms in total. The highest BCUT2D eigenvalue weighted by molar-refractivity contribution is 5.28. The number of rotatable bonds is 4. The maximum absolute atomic E-state index is 8.61. The molecule has 0 bridgehead atoms. The minimum Gasteiger partial charge on any atom is -0.377 e. The molecule has 0 heterocycles. The van der Waals surface area contributed by atoms with E-state index in [4.69, 9.17) is 9.94 Å². The largest absolute Gasteiger partial charge is 0.377 e. The lowest BCUT2D eigenvalue weighted by Crippen LogP contribution is -2.10. The summed E-state index contributed by atoms with van der Waals surface area (Å²) >= 11 is 0. The summed E-state index contributed by atoms with van der Waals surface area (Å²) in [6.45, 7) is 2.43. The molecule has 1 aromatic carbocycles. The van der Waals surface area contributed by atoms with E-state index in [9.17, 15) is 0 Å². The van der Waals surface area contributed by atoms with E-state index >= 15 is 0 Å². The molecule has 1 aromatic rings. The van der Waals surface area contributed by atoms with Gasteiger partial charge in [0.15, 0.2) is 0 Å². The van der Waals surface area contributed by atoms with Crippen LogP contribution in [0, 0.1) is 0 Å². The zero-order chi connectivity index (χ0) is 9.68. The summed E-state index contributed by atoms with van der Waals surface area (Å²) in [7, 11) is 1.67. The minimum atomic E-state index is 0.0598. The second-order valence-corrected chi connectivity index (χ2v) is 2.91. The fourth-order valence-electron chi connectivity index (χ4n) is 1.30. The smallest absolute Gasteiger partial charge is 0.0796 e. The van der Waals surface area contributed by atoms with Gasteiger partial charge in [0.2, 0.25) is 0 Å². The Kier molecular flexibility index (Phi) is 3.89. The lowest BCUT2D eigenvalue weighted by molar-refractivity contribution is 0.116. The van der Waals surface area contributed by atoms with Gasteiger partial charge in [0.1, 0.15) is 0 Å². The first-order valence-corrected chi connectivity index (χ1v) is 4.27. The second kappa shape index (κ2) is 4.97. The Morgan fingerprint density at radius 3 is 2.77 bits per heavy atom. The van der Waals surface area contributed by atoms with E-state index in [0.717, 1.165) is 11.1 Å². The van der Waals surface area contributed by atoms with Crippen molar-refractivity contribution in [2.75, 3.05) is 7.11 Å². The van der Waals surface area contributed by atoms with Gasteiger partial charge in [-0.25, -0.2) is 5.48 Å². The summed E-state index contributed by atoms with van der Waals surface area (Å²) in [5.74, 6) is 0. The normalized spacial score (nSPS) is 12.8. The highest BCUT2D eigenvalue weighted by Crippen LogP contribution is 2.19. The molecule has 1 atom stereocenters. The summed E-state index contributed by atoms with van der Waals surface area (Å²) in [5.41, 5.74) is 4.31. The van der Waals surface area contributed by atoms with Crippen LogP contribution in [0.1, 0.15) is 24.2 Å². The monoisotopic (exact) mass is 181 g/mol. The number of hydrogen-bond acceptors (Lipinski definition) is 3. The van der Waals surface area contributed by atoms with Crippen molar-refractivity contribution >= 4 is 0 Å². The Hall–Kier alpha value is -0.900. The Morgan fingerprint density at radius 1 is 1.46 bits per heavy atom. The number of ether oxygens (including phenoxy) is 1. The van der Waals surface area contributed by atoms with Gasteiger partial charge in [-0.05, 0) is 18.1 Å². The van der Waals surface area contributed by atoms with Crippen molar-refractivity contribution in [3.05, 3.63) is 35.4 Å². The molecule has 3 heteroatoms. The Labute approximate surface area is 78.3 Å². The van der Waals surface area contributed by atoms with E-state index in [1.165, 1.54) is 0 Å². The molecule has 0 spiro atoms. The highest BCUT2D eigenvalue weighted by Gasteiger charge is 2.07. The van der Waals surface area contributed by atoms with Crippen molar-refractivity contribution in [1.29, 1.82) is 0 Å². The Balaban J connectivity index is 2.90. The molecule has 0 saturated heterocycles. The SMILES string of the molecule is COC(C)c1ccccc1CNO. The molecule has 0 fully saturated rings. The van der Waals surface area contributed by atoms with Gasteiger partial charge in [-0.2, -0.15) is 0 Å². The van der Waals surface area contributed by atoms with Gasteiger partial charge in [-0.15, -0.1) is 0 Å². The third kappa shape index (κ3) is 2.52. The fraction of sp³-hybridized carbons (Fsp3) is 0.400. The van der Waals surface area contributed by atoms with E-state index in [2.05, 4.69) is 5.48 Å². The molecule has 0 radical (unpaired) electrons. The van der Waals surface area contributed by atoms with E-state index in [-0.39, 0.29) is 6.10 Å². The fourth-order valence-corrected chi connectivity index (χ4v) is 1.30. The molecule has 0 amide bonds. The van der Waals surface area contributed by atoms with Crippen molar-refractivity contribution in [2.24, 2.45) is 0 Å². The molecule has 0 aliphatic rings. The lowest BCUT2D eigenvalue weighted by atomic mass is 10.0. The first kappa shape index (κ1) is 10.2. The van der Waals surface area contributed by atoms with Gasteiger partial charge in [0.05, 0.1) is 6.10 Å². The molecule has 0 aliphatic heterocycles. The summed E-state index contributed by atoms with van der Waals surface area (Å²) in [5, 5.41) is 8.61. The number of methoxy groups -OCH3 is 1. The van der Waals surface area contributed by atoms with E-state index in [1.807, 2.05) is 31.2 Å². The van der Waals surface area contributed by atoms with Crippen LogP contribution in [-0.4, -0.2) is 12.3 Å². The maximum atomic E-state index is 8.61. The molecule has 0 aromatic heterocycles. The van der Waals surface area contributed by atoms with E-state index in [1.54, 1.807) is 7.11 Å². The molecule has 13 heavy (non-hydrogen) atoms. The first-order valence-electron chi connectivity index (χ1n) is 4.27. The third-order valence-electron chi connectivity index (χ3n) is 2.12. The van der Waals surface area contributed by atoms with Crippen LogP contribution in [0.3, 0.4) is 0 Å². The second-order valence-electron chi connectivity index (χ2n) is 2.91. The predicted molar refractivity (Wildman–Crippen MR) is 50.5 cm³/mol. The minimum absolute atomic E-state index is 0.0598. The van der Waals surface area contributed by atoms with Crippen LogP contribution in [0.2, 0.25) is 0 Å². The van der Waals surface area contributed by atoms with Crippen molar-refractivity contribution in [3.63, 3.8) is 0 Å².